The summed E-state index contributed by atoms with van der Waals surface area (Å²) in [7, 11) is 0. The van der Waals surface area contributed by atoms with Gasteiger partial charge < -0.3 is 4.74 Å². The molecule has 0 unspecified atom stereocenters. The maximum Gasteiger partial charge on any atom is 0.460 e. The van der Waals surface area contributed by atoms with Crippen molar-refractivity contribution in [3.8, 4) is 5.75 Å². The molecule has 0 radical (unpaired) electrons. The van der Waals surface area contributed by atoms with Gasteiger partial charge in [-0.3, -0.25) is 0 Å². The van der Waals surface area contributed by atoms with Crippen LogP contribution in [0.5, 0.6) is 5.75 Å². The van der Waals surface area contributed by atoms with Crippen molar-refractivity contribution in [1.82, 2.24) is 0 Å². The molecule has 0 aliphatic heterocycles. The van der Waals surface area contributed by atoms with Crippen molar-refractivity contribution in [2.24, 2.45) is 5.92 Å². The van der Waals surface area contributed by atoms with Crippen molar-refractivity contribution in [2.45, 2.75) is 87.2 Å². The van der Waals surface area contributed by atoms with Crippen LogP contribution in [0.3, 0.4) is 0 Å². The van der Waals surface area contributed by atoms with Gasteiger partial charge in [0.1, 0.15) is 5.75 Å². The summed E-state index contributed by atoms with van der Waals surface area (Å²) in [5.74, 6) is -39.2. The molecule has 0 saturated heterocycles. The predicted molar refractivity (Wildman–Crippen MR) is 102 cm³/mol. The van der Waals surface area contributed by atoms with Crippen LogP contribution in [-0.2, 0) is 0 Å². The van der Waals surface area contributed by atoms with E-state index in [9.17, 15) is 57.1 Å². The molecular weight excluding hydrogens is 527 g/mol. The number of benzene rings is 1. The molecule has 1 aromatic rings. The summed E-state index contributed by atoms with van der Waals surface area (Å²) in [6, 6.07) is 6.30. The highest BCUT2D eigenvalue weighted by Gasteiger charge is 2.91. The van der Waals surface area contributed by atoms with Crippen LogP contribution in [0.25, 0.3) is 0 Å². The van der Waals surface area contributed by atoms with E-state index in [1.54, 1.807) is 24.3 Å². The van der Waals surface area contributed by atoms with Crippen LogP contribution in [0, 0.1) is 5.92 Å². The second kappa shape index (κ2) is 10.1. The van der Waals surface area contributed by atoms with Crippen molar-refractivity contribution < 1.29 is 61.8 Å². The van der Waals surface area contributed by atoms with Gasteiger partial charge in [0.25, 0.3) is 0 Å². The lowest BCUT2D eigenvalue weighted by Gasteiger charge is -2.43. The van der Waals surface area contributed by atoms with Gasteiger partial charge in [0.2, 0.25) is 0 Å². The molecule has 0 atom stereocenters. The smallest absolute Gasteiger partial charge is 0.460 e. The highest BCUT2D eigenvalue weighted by Crippen LogP contribution is 2.62. The van der Waals surface area contributed by atoms with Crippen LogP contribution >= 0.6 is 0 Å². The Morgan fingerprint density at radius 1 is 0.667 bits per heavy atom. The first-order valence-corrected chi connectivity index (χ1v) is 10.9. The third kappa shape index (κ3) is 5.09. The third-order valence-corrected chi connectivity index (χ3v) is 6.32. The van der Waals surface area contributed by atoms with Crippen LogP contribution in [0.2, 0.25) is 0 Å². The Bertz CT molecular complexity index is 854. The molecule has 36 heavy (non-hydrogen) atoms. The fourth-order valence-electron chi connectivity index (χ4n) is 4.00. The minimum absolute atomic E-state index is 0.271. The number of ether oxygens (including phenoxy) is 1. The first-order chi connectivity index (χ1) is 16.3. The van der Waals surface area contributed by atoms with Crippen LogP contribution < -0.4 is 4.74 Å². The zero-order chi connectivity index (χ0) is 27.8. The Labute approximate surface area is 198 Å². The van der Waals surface area contributed by atoms with Gasteiger partial charge in [-0.1, -0.05) is 25.5 Å². The summed E-state index contributed by atoms with van der Waals surface area (Å²) < 4.78 is 179. The molecule has 0 N–H and O–H groups in total. The van der Waals surface area contributed by atoms with E-state index in [0.29, 0.717) is 17.9 Å². The van der Waals surface area contributed by atoms with Gasteiger partial charge >= 0.3 is 35.8 Å². The maximum absolute atomic E-state index is 14.4. The van der Waals surface area contributed by atoms with Crippen molar-refractivity contribution in [1.29, 1.82) is 0 Å². The fourth-order valence-corrected chi connectivity index (χ4v) is 4.00. The second-order valence-electron chi connectivity index (χ2n) is 8.74. The van der Waals surface area contributed by atoms with Crippen molar-refractivity contribution in [3.63, 3.8) is 0 Å². The number of rotatable bonds is 10. The molecule has 0 aromatic heterocycles. The molecular formula is C22H23F13O. The molecule has 0 bridgehead atoms. The van der Waals surface area contributed by atoms with Gasteiger partial charge in [0.15, 0.2) is 0 Å². The molecule has 0 amide bonds. The van der Waals surface area contributed by atoms with Crippen molar-refractivity contribution >= 4 is 0 Å². The SMILES string of the molecule is CCCCOc1ccc([C@H]2CC[C@H](C(F)(F)C(F)(F)C(F)(F)C(F)(F)C(F)(F)C(F)(F)F)CC2)cc1. The first kappa shape index (κ1) is 30.3. The van der Waals surface area contributed by atoms with E-state index in [-0.39, 0.29) is 12.8 Å². The van der Waals surface area contributed by atoms with E-state index in [0.717, 1.165) is 12.8 Å². The summed E-state index contributed by atoms with van der Waals surface area (Å²) in [6.07, 6.45) is -8.04. The summed E-state index contributed by atoms with van der Waals surface area (Å²) in [5, 5.41) is 0. The average molecular weight is 550 g/mol. The third-order valence-electron chi connectivity index (χ3n) is 6.32. The van der Waals surface area contributed by atoms with E-state index in [1.165, 1.54) is 0 Å². The Morgan fingerprint density at radius 2 is 1.14 bits per heavy atom. The standard InChI is InChI=1S/C22H23F13O/c1-2-3-12-36-16-10-6-14(7-11-16)13-4-8-15(9-5-13)17(23,24)18(25,26)19(27,28)20(29,30)21(31,32)22(33,34)35/h6-7,10-11,13,15H,2-5,8-9,12H2,1H3/t13-,15-. The number of alkyl halides is 13. The highest BCUT2D eigenvalue weighted by molar-refractivity contribution is 5.30. The van der Waals surface area contributed by atoms with E-state index in [4.69, 9.17) is 4.74 Å². The molecule has 1 aliphatic carbocycles. The predicted octanol–water partition coefficient (Wildman–Crippen LogP) is 8.88. The van der Waals surface area contributed by atoms with Gasteiger partial charge in [-0.05, 0) is 55.7 Å². The molecule has 14 heteroatoms. The van der Waals surface area contributed by atoms with Crippen molar-refractivity contribution in [3.05, 3.63) is 29.8 Å². The minimum atomic E-state index is -7.86. The van der Waals surface area contributed by atoms with Gasteiger partial charge in [-0.25, -0.2) is 0 Å². The van der Waals surface area contributed by atoms with E-state index in [2.05, 4.69) is 0 Å². The van der Waals surface area contributed by atoms with E-state index in [1.807, 2.05) is 6.92 Å². The molecule has 0 spiro atoms. The highest BCUT2D eigenvalue weighted by atomic mass is 19.4. The summed E-state index contributed by atoms with van der Waals surface area (Å²) >= 11 is 0. The Morgan fingerprint density at radius 3 is 1.58 bits per heavy atom. The molecule has 0 heterocycles. The lowest BCUT2D eigenvalue weighted by Crippen LogP contribution is -2.71. The first-order valence-electron chi connectivity index (χ1n) is 10.9. The van der Waals surface area contributed by atoms with Gasteiger partial charge in [-0.15, -0.1) is 0 Å². The minimum Gasteiger partial charge on any atom is -0.494 e. The molecule has 2 rings (SSSR count). The van der Waals surface area contributed by atoms with E-state index >= 15 is 0 Å². The van der Waals surface area contributed by atoms with Crippen LogP contribution in [-0.4, -0.2) is 42.4 Å². The lowest BCUT2D eigenvalue weighted by atomic mass is 9.74. The van der Waals surface area contributed by atoms with Gasteiger partial charge in [0.05, 0.1) is 6.61 Å². The van der Waals surface area contributed by atoms with Crippen LogP contribution in [0.4, 0.5) is 57.1 Å². The topological polar surface area (TPSA) is 9.23 Å². The number of hydrogen-bond donors (Lipinski definition) is 0. The lowest BCUT2D eigenvalue weighted by molar-refractivity contribution is -0.443. The molecule has 1 saturated carbocycles. The zero-order valence-electron chi connectivity index (χ0n) is 18.7. The average Bonchev–Trinajstić information content (AvgIpc) is 2.78. The van der Waals surface area contributed by atoms with E-state index < -0.39 is 60.5 Å². The number of halogens is 13. The monoisotopic (exact) mass is 550 g/mol. The van der Waals surface area contributed by atoms with Crippen LogP contribution in [0.1, 0.15) is 56.9 Å². The zero-order valence-corrected chi connectivity index (χ0v) is 18.7. The Hall–Kier alpha value is -1.89. The normalized spacial score (nSPS) is 20.9. The Balaban J connectivity index is 2.17. The molecule has 1 aliphatic rings. The quantitative estimate of drug-likeness (QED) is 0.209. The van der Waals surface area contributed by atoms with Gasteiger partial charge in [-0.2, -0.15) is 57.1 Å². The summed E-state index contributed by atoms with van der Waals surface area (Å²) in [5.41, 5.74) is 0.577. The maximum atomic E-state index is 14.4. The van der Waals surface area contributed by atoms with Crippen molar-refractivity contribution in [2.75, 3.05) is 6.61 Å². The molecule has 1 nitrogen and oxygen atoms in total. The Kier molecular flexibility index (Phi) is 8.52. The molecule has 1 aromatic carbocycles. The largest absolute Gasteiger partial charge is 0.494 e. The molecule has 1 fully saturated rings. The summed E-state index contributed by atoms with van der Waals surface area (Å²) in [4.78, 5) is 0. The number of unbranched alkanes of at least 4 members (excludes halogenated alkanes) is 1. The van der Waals surface area contributed by atoms with Gasteiger partial charge in [0, 0.05) is 5.92 Å². The van der Waals surface area contributed by atoms with Crippen LogP contribution in [0.15, 0.2) is 24.3 Å². The summed E-state index contributed by atoms with van der Waals surface area (Å²) in [6.45, 7) is 2.40. The molecule has 208 valence electrons. The second-order valence-corrected chi connectivity index (χ2v) is 8.74. The number of hydrogen-bond acceptors (Lipinski definition) is 1. The fraction of sp³-hybridized carbons (Fsp3) is 0.727.